The Hall–Kier alpha value is -1.16. The maximum Gasteiger partial charge on any atom is 0.296 e. The molecule has 0 aliphatic carbocycles. The second kappa shape index (κ2) is 5.08. The summed E-state index contributed by atoms with van der Waals surface area (Å²) in [5.41, 5.74) is 8.44. The zero-order valence-electron chi connectivity index (χ0n) is 9.88. The molecule has 0 unspecified atom stereocenters. The second-order valence-corrected chi connectivity index (χ2v) is 5.24. The molecule has 4 nitrogen and oxygen atoms in total. The number of hydrogen-bond donors (Lipinski definition) is 2. The molecular formula is C11H11F3IN3O. The standard InChI is InChI=1S/C11H11F3IN3O/c1-6-4-18(19-5-11(6,13)14)17-10-3-9(16)8(15)2-7(10)12/h2-4,17H,5,16H2,1H3. The maximum absolute atomic E-state index is 13.7. The zero-order chi connectivity index (χ0) is 14.2. The van der Waals surface area contributed by atoms with Crippen LogP contribution in [0.4, 0.5) is 24.5 Å². The number of nitrogens with two attached hydrogens (primary N) is 1. The van der Waals surface area contributed by atoms with Gasteiger partial charge in [-0.2, -0.15) is 14.0 Å². The maximum atomic E-state index is 13.7. The highest BCUT2D eigenvalue weighted by Crippen LogP contribution is 2.30. The third-order valence-corrected chi connectivity index (χ3v) is 3.52. The van der Waals surface area contributed by atoms with E-state index < -0.39 is 18.3 Å². The molecule has 0 radical (unpaired) electrons. The molecule has 1 aliphatic heterocycles. The van der Waals surface area contributed by atoms with Crippen LogP contribution < -0.4 is 11.2 Å². The lowest BCUT2D eigenvalue weighted by atomic mass is 10.2. The quantitative estimate of drug-likeness (QED) is 0.607. The van der Waals surface area contributed by atoms with Gasteiger partial charge in [-0.3, -0.25) is 5.43 Å². The Morgan fingerprint density at radius 3 is 2.79 bits per heavy atom. The predicted octanol–water partition coefficient (Wildman–Crippen LogP) is 3.13. The van der Waals surface area contributed by atoms with Gasteiger partial charge in [0.15, 0.2) is 0 Å². The minimum absolute atomic E-state index is 0.0483. The molecule has 3 N–H and O–H groups in total. The predicted molar refractivity (Wildman–Crippen MR) is 73.6 cm³/mol. The number of hydrogen-bond acceptors (Lipinski definition) is 4. The molecular weight excluding hydrogens is 374 g/mol. The van der Waals surface area contributed by atoms with Gasteiger partial charge in [0.2, 0.25) is 0 Å². The third kappa shape index (κ3) is 3.06. The average molecular weight is 385 g/mol. The Morgan fingerprint density at radius 1 is 1.47 bits per heavy atom. The van der Waals surface area contributed by atoms with Gasteiger partial charge in [0.25, 0.3) is 5.92 Å². The summed E-state index contributed by atoms with van der Waals surface area (Å²) in [7, 11) is 0. The molecule has 1 aromatic rings. The summed E-state index contributed by atoms with van der Waals surface area (Å²) in [5, 5.41) is 0.942. The Bertz CT molecular complexity index is 536. The summed E-state index contributed by atoms with van der Waals surface area (Å²) >= 11 is 1.90. The van der Waals surface area contributed by atoms with Crippen LogP contribution in [0.25, 0.3) is 0 Å². The van der Waals surface area contributed by atoms with Crippen molar-refractivity contribution in [3.63, 3.8) is 0 Å². The normalized spacial score (nSPS) is 18.2. The summed E-state index contributed by atoms with van der Waals surface area (Å²) in [6.07, 6.45) is 1.07. The van der Waals surface area contributed by atoms with Crippen LogP contribution in [0.3, 0.4) is 0 Å². The number of alkyl halides is 2. The van der Waals surface area contributed by atoms with E-state index in [0.29, 0.717) is 9.26 Å². The summed E-state index contributed by atoms with van der Waals surface area (Å²) < 4.78 is 40.6. The van der Waals surface area contributed by atoms with Gasteiger partial charge in [0.1, 0.15) is 12.4 Å². The zero-order valence-corrected chi connectivity index (χ0v) is 12.0. The number of rotatable bonds is 2. The Morgan fingerprint density at radius 2 is 2.16 bits per heavy atom. The summed E-state index contributed by atoms with van der Waals surface area (Å²) in [6.45, 7) is 0.472. The number of nitrogens with zero attached hydrogens (tertiary/aromatic N) is 1. The van der Waals surface area contributed by atoms with Gasteiger partial charge in [-0.15, -0.1) is 0 Å². The van der Waals surface area contributed by atoms with Crippen molar-refractivity contribution in [2.24, 2.45) is 0 Å². The highest BCUT2D eigenvalue weighted by molar-refractivity contribution is 14.1. The van der Waals surface area contributed by atoms with Crippen LogP contribution >= 0.6 is 22.6 Å². The van der Waals surface area contributed by atoms with Crippen LogP contribution in [-0.2, 0) is 4.84 Å². The molecule has 0 aromatic heterocycles. The number of anilines is 2. The van der Waals surface area contributed by atoms with E-state index in [1.165, 1.54) is 19.1 Å². The topological polar surface area (TPSA) is 50.5 Å². The molecule has 0 saturated carbocycles. The van der Waals surface area contributed by atoms with E-state index in [-0.39, 0.29) is 11.3 Å². The minimum Gasteiger partial charge on any atom is -0.398 e. The molecule has 8 heteroatoms. The first-order valence-corrected chi connectivity index (χ1v) is 6.37. The van der Waals surface area contributed by atoms with Gasteiger partial charge in [-0.1, -0.05) is 0 Å². The largest absolute Gasteiger partial charge is 0.398 e. The van der Waals surface area contributed by atoms with Crippen LogP contribution in [0.1, 0.15) is 6.92 Å². The van der Waals surface area contributed by atoms with E-state index in [2.05, 4.69) is 5.43 Å². The van der Waals surface area contributed by atoms with Gasteiger partial charge in [-0.25, -0.2) is 9.23 Å². The first-order valence-electron chi connectivity index (χ1n) is 5.29. The van der Waals surface area contributed by atoms with Crippen molar-refractivity contribution in [3.05, 3.63) is 33.3 Å². The fraction of sp³-hybridized carbons (Fsp3) is 0.273. The molecule has 1 aromatic carbocycles. The van der Waals surface area contributed by atoms with Crippen LogP contribution in [0, 0.1) is 9.39 Å². The highest BCUT2D eigenvalue weighted by atomic mass is 127. The minimum atomic E-state index is -3.01. The molecule has 19 heavy (non-hydrogen) atoms. The van der Waals surface area contributed by atoms with Gasteiger partial charge in [0, 0.05) is 14.8 Å². The second-order valence-electron chi connectivity index (χ2n) is 4.08. The Labute approximate surface area is 121 Å². The lowest BCUT2D eigenvalue weighted by Crippen LogP contribution is -2.39. The van der Waals surface area contributed by atoms with E-state index in [4.69, 9.17) is 10.6 Å². The van der Waals surface area contributed by atoms with Crippen molar-refractivity contribution >= 4 is 34.0 Å². The van der Waals surface area contributed by atoms with Crippen molar-refractivity contribution < 1.29 is 18.0 Å². The number of halogens is 4. The van der Waals surface area contributed by atoms with Gasteiger partial charge < -0.3 is 5.73 Å². The fourth-order valence-corrected chi connectivity index (χ4v) is 1.84. The molecule has 1 heterocycles. The van der Waals surface area contributed by atoms with Crippen molar-refractivity contribution in [1.82, 2.24) is 5.17 Å². The van der Waals surface area contributed by atoms with Crippen LogP contribution in [0.2, 0.25) is 0 Å². The van der Waals surface area contributed by atoms with Crippen molar-refractivity contribution in [1.29, 1.82) is 0 Å². The fourth-order valence-electron chi connectivity index (χ4n) is 1.41. The van der Waals surface area contributed by atoms with E-state index >= 15 is 0 Å². The van der Waals surface area contributed by atoms with Crippen LogP contribution in [0.5, 0.6) is 0 Å². The van der Waals surface area contributed by atoms with E-state index in [9.17, 15) is 13.2 Å². The molecule has 2 rings (SSSR count). The molecule has 1 aliphatic rings. The molecule has 0 fully saturated rings. The Kier molecular flexibility index (Phi) is 3.81. The number of hydrazine groups is 1. The molecule has 0 amide bonds. The van der Waals surface area contributed by atoms with E-state index in [1.54, 1.807) is 0 Å². The Balaban J connectivity index is 2.19. The third-order valence-electron chi connectivity index (χ3n) is 2.59. The lowest BCUT2D eigenvalue weighted by Gasteiger charge is -2.30. The molecule has 0 atom stereocenters. The molecule has 0 spiro atoms. The summed E-state index contributed by atoms with van der Waals surface area (Å²) in [6, 6.07) is 2.61. The highest BCUT2D eigenvalue weighted by Gasteiger charge is 2.36. The van der Waals surface area contributed by atoms with E-state index in [1.807, 2.05) is 22.6 Å². The SMILES string of the molecule is CC1=CN(Nc2cc(N)c(I)cc2F)OCC1(F)F. The van der Waals surface area contributed by atoms with Gasteiger partial charge >= 0.3 is 0 Å². The first kappa shape index (κ1) is 14.3. The van der Waals surface area contributed by atoms with Gasteiger partial charge in [-0.05, 0) is 41.6 Å². The lowest BCUT2D eigenvalue weighted by molar-refractivity contribution is -0.181. The van der Waals surface area contributed by atoms with Gasteiger partial charge in [0.05, 0.1) is 11.9 Å². The first-order chi connectivity index (χ1) is 8.79. The van der Waals surface area contributed by atoms with Crippen LogP contribution in [-0.4, -0.2) is 17.7 Å². The monoisotopic (exact) mass is 385 g/mol. The summed E-state index contributed by atoms with van der Waals surface area (Å²) in [5.74, 6) is -3.56. The number of nitrogen functional groups attached to an aromatic ring is 1. The van der Waals surface area contributed by atoms with Crippen molar-refractivity contribution in [2.75, 3.05) is 17.8 Å². The number of hydroxylamine groups is 1. The van der Waals surface area contributed by atoms with Crippen LogP contribution in [0.15, 0.2) is 23.9 Å². The number of nitrogens with one attached hydrogen (secondary N) is 1. The summed E-state index contributed by atoms with van der Waals surface area (Å²) in [4.78, 5) is 4.78. The molecule has 104 valence electrons. The molecule has 0 saturated heterocycles. The van der Waals surface area contributed by atoms with Crippen molar-refractivity contribution in [2.45, 2.75) is 12.8 Å². The average Bonchev–Trinajstić information content (AvgIpc) is 2.31. The number of benzene rings is 1. The smallest absolute Gasteiger partial charge is 0.296 e. The van der Waals surface area contributed by atoms with Crippen molar-refractivity contribution in [3.8, 4) is 0 Å². The van der Waals surface area contributed by atoms with E-state index in [0.717, 1.165) is 11.4 Å². The molecule has 0 bridgehead atoms.